The normalized spacial score (nSPS) is 17.6. The van der Waals surface area contributed by atoms with E-state index in [9.17, 15) is 40.7 Å². The number of nitrogens with zero attached hydrogens (tertiary/aromatic N) is 3. The highest BCUT2D eigenvalue weighted by Gasteiger charge is 2.48. The average molecular weight is 578 g/mol. The lowest BCUT2D eigenvalue weighted by Gasteiger charge is -2.26. The molecule has 1 unspecified atom stereocenters. The molecule has 1 heterocycles. The molecular formula is C25H22ClF6N3O4. The van der Waals surface area contributed by atoms with Gasteiger partial charge in [0.25, 0.3) is 5.91 Å². The molecule has 2 aromatic rings. The van der Waals surface area contributed by atoms with Crippen LogP contribution < -0.4 is 4.90 Å². The Morgan fingerprint density at radius 3 is 2.15 bits per heavy atom. The number of carbonyl (C=O) groups excluding carboxylic acids is 3. The monoisotopic (exact) mass is 577 g/mol. The third-order valence-corrected chi connectivity index (χ3v) is 6.18. The average Bonchev–Trinajstić information content (AvgIpc) is 3.15. The molecule has 1 aliphatic rings. The van der Waals surface area contributed by atoms with E-state index in [1.165, 1.54) is 6.92 Å². The predicted molar refractivity (Wildman–Crippen MR) is 129 cm³/mol. The van der Waals surface area contributed by atoms with E-state index >= 15 is 0 Å². The van der Waals surface area contributed by atoms with Gasteiger partial charge in [0.2, 0.25) is 5.91 Å². The number of alkyl halides is 6. The van der Waals surface area contributed by atoms with E-state index in [1.807, 2.05) is 0 Å². The summed E-state index contributed by atoms with van der Waals surface area (Å²) < 4.78 is 83.4. The fourth-order valence-electron chi connectivity index (χ4n) is 4.07. The Balaban J connectivity index is 1.95. The lowest BCUT2D eigenvalue weighted by atomic mass is 9.82. The molecule has 7 nitrogen and oxygen atoms in total. The van der Waals surface area contributed by atoms with Crippen molar-refractivity contribution < 1.29 is 45.5 Å². The minimum Gasteiger partial charge on any atom is -0.465 e. The van der Waals surface area contributed by atoms with Crippen molar-refractivity contribution in [3.63, 3.8) is 0 Å². The van der Waals surface area contributed by atoms with Gasteiger partial charge in [-0.15, -0.1) is 0 Å². The zero-order valence-corrected chi connectivity index (χ0v) is 21.5. The summed E-state index contributed by atoms with van der Waals surface area (Å²) in [5, 5.41) is 4.77. The number of imide groups is 1. The Morgan fingerprint density at radius 1 is 1.05 bits per heavy atom. The van der Waals surface area contributed by atoms with Crippen molar-refractivity contribution in [1.29, 1.82) is 0 Å². The third-order valence-electron chi connectivity index (χ3n) is 5.87. The number of hydrazone groups is 1. The number of hydrogen-bond donors (Lipinski definition) is 0. The molecule has 210 valence electrons. The van der Waals surface area contributed by atoms with E-state index in [4.69, 9.17) is 16.3 Å². The van der Waals surface area contributed by atoms with Crippen LogP contribution in [0.1, 0.15) is 37.5 Å². The number of benzene rings is 2. The first kappa shape index (κ1) is 29.9. The van der Waals surface area contributed by atoms with Crippen LogP contribution >= 0.6 is 11.6 Å². The summed E-state index contributed by atoms with van der Waals surface area (Å²) in [6.07, 6.45) is -9.34. The highest BCUT2D eigenvalue weighted by molar-refractivity contribution is 6.32. The molecule has 2 amide bonds. The number of hydrogen-bond acceptors (Lipinski definition) is 6. The quantitative estimate of drug-likeness (QED) is 0.332. The van der Waals surface area contributed by atoms with E-state index in [0.29, 0.717) is 4.90 Å². The second kappa shape index (κ2) is 10.9. The summed E-state index contributed by atoms with van der Waals surface area (Å²) in [4.78, 5) is 38.9. The maximum absolute atomic E-state index is 13.2. The molecule has 0 radical (unpaired) electrons. The van der Waals surface area contributed by atoms with Crippen LogP contribution in [-0.2, 0) is 31.5 Å². The predicted octanol–water partition coefficient (Wildman–Crippen LogP) is 5.55. The summed E-state index contributed by atoms with van der Waals surface area (Å²) in [6, 6.07) is 6.19. The molecule has 1 atom stereocenters. The zero-order chi connectivity index (χ0) is 29.3. The zero-order valence-electron chi connectivity index (χ0n) is 20.8. The van der Waals surface area contributed by atoms with Gasteiger partial charge in [-0.2, -0.15) is 31.4 Å². The maximum atomic E-state index is 13.2. The van der Waals surface area contributed by atoms with Crippen LogP contribution in [0.15, 0.2) is 47.6 Å². The van der Waals surface area contributed by atoms with Gasteiger partial charge in [-0.05, 0) is 50.2 Å². The molecule has 0 fully saturated rings. The van der Waals surface area contributed by atoms with Crippen molar-refractivity contribution in [3.05, 3.63) is 64.2 Å². The summed E-state index contributed by atoms with van der Waals surface area (Å²) in [5.41, 5.74) is -3.67. The highest BCUT2D eigenvalue weighted by Crippen LogP contribution is 2.38. The van der Waals surface area contributed by atoms with Crippen molar-refractivity contribution >= 4 is 40.8 Å². The summed E-state index contributed by atoms with van der Waals surface area (Å²) in [5.74, 6) is -2.42. The molecule has 0 spiro atoms. The van der Waals surface area contributed by atoms with E-state index in [1.54, 1.807) is 6.92 Å². The third kappa shape index (κ3) is 6.35. The summed E-state index contributed by atoms with van der Waals surface area (Å²) in [7, 11) is 0. The first-order chi connectivity index (χ1) is 18.0. The second-order valence-corrected chi connectivity index (χ2v) is 9.22. The van der Waals surface area contributed by atoms with Gasteiger partial charge < -0.3 is 4.74 Å². The number of anilines is 1. The Bertz CT molecular complexity index is 1310. The van der Waals surface area contributed by atoms with E-state index in [0.717, 1.165) is 54.4 Å². The van der Waals surface area contributed by atoms with Gasteiger partial charge in [-0.25, -0.2) is 4.90 Å². The lowest BCUT2D eigenvalue weighted by molar-refractivity contribution is -0.150. The molecule has 0 saturated heterocycles. The van der Waals surface area contributed by atoms with Crippen LogP contribution in [0.4, 0.5) is 32.0 Å². The van der Waals surface area contributed by atoms with Crippen molar-refractivity contribution in [1.82, 2.24) is 5.01 Å². The summed E-state index contributed by atoms with van der Waals surface area (Å²) in [6.45, 7) is 3.18. The molecule has 0 aliphatic carbocycles. The SMILES string of the molecule is CCOC(=O)C1(C)CN(CC(=O)N(C(C)=O)c2ccc(C(F)(F)F)cc2)N=C1c1ccc(C(F)(F)F)c(Cl)c1. The fraction of sp³-hybridized carbons (Fsp3) is 0.360. The van der Waals surface area contributed by atoms with Crippen LogP contribution in [0, 0.1) is 5.41 Å². The van der Waals surface area contributed by atoms with Gasteiger partial charge in [0, 0.05) is 12.5 Å². The maximum Gasteiger partial charge on any atom is 0.417 e. The number of halogens is 7. The lowest BCUT2D eigenvalue weighted by Crippen LogP contribution is -2.44. The van der Waals surface area contributed by atoms with Crippen molar-refractivity contribution in [2.45, 2.75) is 33.1 Å². The second-order valence-electron chi connectivity index (χ2n) is 8.81. The Hall–Kier alpha value is -3.61. The smallest absolute Gasteiger partial charge is 0.417 e. The van der Waals surface area contributed by atoms with Gasteiger partial charge in [-0.1, -0.05) is 17.7 Å². The molecule has 14 heteroatoms. The first-order valence-corrected chi connectivity index (χ1v) is 11.8. The Morgan fingerprint density at radius 2 is 1.67 bits per heavy atom. The number of ether oxygens (including phenoxy) is 1. The van der Waals surface area contributed by atoms with E-state index in [-0.39, 0.29) is 30.1 Å². The van der Waals surface area contributed by atoms with E-state index in [2.05, 4.69) is 5.10 Å². The molecule has 0 N–H and O–H groups in total. The van der Waals surface area contributed by atoms with Gasteiger partial charge in [0.1, 0.15) is 12.0 Å². The number of esters is 1. The standard InChI is InChI=1S/C25H22ClF6N3O4/c1-4-39-22(38)23(3)13-34(33-21(23)15-5-10-18(19(26)11-15)25(30,31)32)12-20(37)35(14(2)36)17-8-6-16(7-9-17)24(27,28)29/h5-11H,4,12-13H2,1-3H3. The van der Waals surface area contributed by atoms with Crippen LogP contribution in [0.3, 0.4) is 0 Å². The topological polar surface area (TPSA) is 79.3 Å². The van der Waals surface area contributed by atoms with Crippen molar-refractivity contribution in [2.75, 3.05) is 24.6 Å². The molecule has 1 aliphatic heterocycles. The van der Waals surface area contributed by atoms with Crippen LogP contribution in [-0.4, -0.2) is 48.2 Å². The van der Waals surface area contributed by atoms with Crippen molar-refractivity contribution in [2.24, 2.45) is 10.5 Å². The summed E-state index contributed by atoms with van der Waals surface area (Å²) >= 11 is 5.86. The highest BCUT2D eigenvalue weighted by atomic mass is 35.5. The minimum atomic E-state index is -4.72. The van der Waals surface area contributed by atoms with Gasteiger partial charge in [0.15, 0.2) is 0 Å². The fourth-order valence-corrected chi connectivity index (χ4v) is 4.35. The van der Waals surface area contributed by atoms with Crippen LogP contribution in [0.5, 0.6) is 0 Å². The molecule has 0 aromatic heterocycles. The number of amides is 2. The van der Waals surface area contributed by atoms with E-state index < -0.39 is 58.2 Å². The van der Waals surface area contributed by atoms with Crippen LogP contribution in [0.25, 0.3) is 0 Å². The van der Waals surface area contributed by atoms with Gasteiger partial charge >= 0.3 is 18.3 Å². The molecule has 0 bridgehead atoms. The molecule has 2 aromatic carbocycles. The van der Waals surface area contributed by atoms with Gasteiger partial charge in [0.05, 0.1) is 40.7 Å². The van der Waals surface area contributed by atoms with Crippen LogP contribution in [0.2, 0.25) is 5.02 Å². The number of carbonyl (C=O) groups is 3. The molecule has 39 heavy (non-hydrogen) atoms. The molecular weight excluding hydrogens is 556 g/mol. The Kier molecular flexibility index (Phi) is 8.34. The van der Waals surface area contributed by atoms with Crippen molar-refractivity contribution in [3.8, 4) is 0 Å². The molecule has 0 saturated carbocycles. The first-order valence-electron chi connectivity index (χ1n) is 11.4. The Labute approximate surface area is 224 Å². The number of rotatable bonds is 6. The largest absolute Gasteiger partial charge is 0.465 e. The minimum absolute atomic E-state index is 0.0135. The van der Waals surface area contributed by atoms with Gasteiger partial charge in [-0.3, -0.25) is 19.4 Å². The molecule has 3 rings (SSSR count).